The summed E-state index contributed by atoms with van der Waals surface area (Å²) in [5.74, 6) is -0.764. The SMILES string of the molecule is CCC1(O)C(=O)OCc2c1cc1n(c2=O)Cc2c-1nc1cccc3c1c2N(CCc1cccnc1)C(=O)N3. The molecule has 0 radical (unpaired) electrons. The number of ether oxygens (including phenoxy) is 1. The van der Waals surface area contributed by atoms with Crippen LogP contribution in [0.4, 0.5) is 16.2 Å². The predicted octanol–water partition coefficient (Wildman–Crippen LogP) is 3.07. The van der Waals surface area contributed by atoms with E-state index in [2.05, 4.69) is 10.3 Å². The maximum atomic E-state index is 13.6. The first kappa shape index (κ1) is 22.6. The second kappa shape index (κ2) is 7.96. The zero-order valence-corrected chi connectivity index (χ0v) is 20.5. The van der Waals surface area contributed by atoms with E-state index in [9.17, 15) is 19.5 Å². The van der Waals surface area contributed by atoms with Crippen LogP contribution in [-0.4, -0.2) is 38.2 Å². The van der Waals surface area contributed by atoms with Crippen LogP contribution in [0.3, 0.4) is 0 Å². The van der Waals surface area contributed by atoms with E-state index in [1.54, 1.807) is 34.9 Å². The number of fused-ring (bicyclic) bond motifs is 5. The summed E-state index contributed by atoms with van der Waals surface area (Å²) >= 11 is 0. The van der Waals surface area contributed by atoms with Crippen LogP contribution in [-0.2, 0) is 34.7 Å². The smallest absolute Gasteiger partial charge is 0.343 e. The number of anilines is 2. The van der Waals surface area contributed by atoms with Crippen molar-refractivity contribution in [3.8, 4) is 11.4 Å². The van der Waals surface area contributed by atoms with Crippen molar-refractivity contribution in [1.29, 1.82) is 0 Å². The number of carbonyl (C=O) groups excluding carboxylic acids is 2. The Morgan fingerprint density at radius 3 is 2.82 bits per heavy atom. The lowest BCUT2D eigenvalue weighted by atomic mass is 9.86. The van der Waals surface area contributed by atoms with Gasteiger partial charge in [-0.1, -0.05) is 19.1 Å². The molecule has 0 aliphatic carbocycles. The molecule has 0 saturated carbocycles. The number of rotatable bonds is 4. The van der Waals surface area contributed by atoms with Gasteiger partial charge in [-0.15, -0.1) is 0 Å². The Hall–Kier alpha value is -4.57. The molecule has 4 aromatic rings. The average Bonchev–Trinajstić information content (AvgIpc) is 3.30. The van der Waals surface area contributed by atoms with E-state index in [1.807, 2.05) is 30.3 Å². The molecule has 0 fully saturated rings. The van der Waals surface area contributed by atoms with Crippen LogP contribution < -0.4 is 15.8 Å². The molecule has 1 atom stereocenters. The number of esters is 1. The van der Waals surface area contributed by atoms with Crippen molar-refractivity contribution in [2.75, 3.05) is 16.8 Å². The number of nitrogens with one attached hydrogen (secondary N) is 1. The summed E-state index contributed by atoms with van der Waals surface area (Å²) in [6.45, 7) is 2.08. The largest absolute Gasteiger partial charge is 0.458 e. The summed E-state index contributed by atoms with van der Waals surface area (Å²) in [6.07, 6.45) is 4.14. The minimum Gasteiger partial charge on any atom is -0.458 e. The first-order valence-electron chi connectivity index (χ1n) is 12.5. The Morgan fingerprint density at radius 2 is 2.03 bits per heavy atom. The molecule has 2 N–H and O–H groups in total. The number of nitrogens with zero attached hydrogens (tertiary/aromatic N) is 4. The van der Waals surface area contributed by atoms with Gasteiger partial charge in [-0.25, -0.2) is 14.6 Å². The number of pyridine rings is 3. The van der Waals surface area contributed by atoms with Crippen molar-refractivity contribution in [3.63, 3.8) is 0 Å². The van der Waals surface area contributed by atoms with Gasteiger partial charge in [-0.3, -0.25) is 14.7 Å². The highest BCUT2D eigenvalue weighted by Crippen LogP contribution is 2.46. The normalized spacial score (nSPS) is 19.1. The van der Waals surface area contributed by atoms with E-state index in [0.717, 1.165) is 16.5 Å². The molecule has 2 amide bonds. The topological polar surface area (TPSA) is 127 Å². The Bertz CT molecular complexity index is 1750. The van der Waals surface area contributed by atoms with E-state index >= 15 is 0 Å². The van der Waals surface area contributed by atoms with Gasteiger partial charge < -0.3 is 19.7 Å². The molecular weight excluding hydrogens is 486 g/mol. The number of hydrogen-bond acceptors (Lipinski definition) is 7. The van der Waals surface area contributed by atoms with Gasteiger partial charge in [0.05, 0.1) is 40.4 Å². The maximum Gasteiger partial charge on any atom is 0.343 e. The molecule has 10 heteroatoms. The number of amides is 2. The molecule has 6 heterocycles. The van der Waals surface area contributed by atoms with Crippen molar-refractivity contribution in [2.45, 2.75) is 38.5 Å². The molecule has 190 valence electrons. The van der Waals surface area contributed by atoms with Gasteiger partial charge in [0.2, 0.25) is 0 Å². The van der Waals surface area contributed by atoms with Gasteiger partial charge in [0, 0.05) is 35.5 Å². The summed E-state index contributed by atoms with van der Waals surface area (Å²) in [6, 6.07) is 10.8. The Balaban J connectivity index is 1.44. The lowest BCUT2D eigenvalue weighted by Crippen LogP contribution is -2.44. The molecule has 10 nitrogen and oxygen atoms in total. The molecule has 38 heavy (non-hydrogen) atoms. The number of aliphatic hydroxyl groups is 1. The molecule has 1 unspecified atom stereocenters. The standard InChI is InChI=1S/C28H23N5O5/c1-2-28(37)18-11-21-23-16(13-33(21)25(34)17(18)14-38-26(28)35)24-22-19(30-23)6-3-7-20(22)31-27(36)32(24)10-8-15-5-4-9-29-12-15/h3-7,9,11-12,37H,2,8,10,13-14H2,1H3,(H,31,36). The van der Waals surface area contributed by atoms with E-state index in [1.165, 1.54) is 0 Å². The van der Waals surface area contributed by atoms with Gasteiger partial charge in [0.25, 0.3) is 5.56 Å². The van der Waals surface area contributed by atoms with Crippen molar-refractivity contribution >= 4 is 34.3 Å². The second-order valence-corrected chi connectivity index (χ2v) is 9.78. The third kappa shape index (κ3) is 3.00. The summed E-state index contributed by atoms with van der Waals surface area (Å²) < 4.78 is 6.77. The predicted molar refractivity (Wildman–Crippen MR) is 139 cm³/mol. The monoisotopic (exact) mass is 509 g/mol. The Morgan fingerprint density at radius 1 is 1.16 bits per heavy atom. The molecular formula is C28H23N5O5. The van der Waals surface area contributed by atoms with Gasteiger partial charge >= 0.3 is 12.0 Å². The third-order valence-corrected chi connectivity index (χ3v) is 7.79. The number of cyclic esters (lactones) is 1. The molecule has 7 rings (SSSR count). The highest BCUT2D eigenvalue weighted by Gasteiger charge is 2.46. The highest BCUT2D eigenvalue weighted by molar-refractivity contribution is 6.19. The average molecular weight is 510 g/mol. The van der Waals surface area contributed by atoms with Crippen LogP contribution in [0.25, 0.3) is 22.3 Å². The number of urea groups is 1. The molecule has 0 spiro atoms. The fraction of sp³-hybridized carbons (Fsp3) is 0.250. The molecule has 1 aromatic carbocycles. The minimum absolute atomic E-state index is 0.0661. The van der Waals surface area contributed by atoms with E-state index < -0.39 is 11.6 Å². The molecule has 3 aliphatic rings. The van der Waals surface area contributed by atoms with Crippen LogP contribution in [0.5, 0.6) is 0 Å². The number of hydrogen-bond donors (Lipinski definition) is 2. The maximum absolute atomic E-state index is 13.6. The van der Waals surface area contributed by atoms with Gasteiger partial charge in [0.1, 0.15) is 6.61 Å². The van der Waals surface area contributed by atoms with Crippen LogP contribution >= 0.6 is 0 Å². The number of benzene rings is 1. The zero-order valence-electron chi connectivity index (χ0n) is 20.5. The summed E-state index contributed by atoms with van der Waals surface area (Å²) in [5.41, 5.74) is 3.14. The summed E-state index contributed by atoms with van der Waals surface area (Å²) in [5, 5.41) is 15.0. The van der Waals surface area contributed by atoms with Crippen LogP contribution in [0.1, 0.15) is 35.6 Å². The van der Waals surface area contributed by atoms with E-state index in [0.29, 0.717) is 41.2 Å². The summed E-state index contributed by atoms with van der Waals surface area (Å²) in [4.78, 5) is 50.3. The first-order chi connectivity index (χ1) is 18.4. The minimum atomic E-state index is -1.90. The van der Waals surface area contributed by atoms with Gasteiger partial charge in [-0.05, 0) is 42.7 Å². The van der Waals surface area contributed by atoms with Crippen LogP contribution in [0, 0.1) is 0 Å². The van der Waals surface area contributed by atoms with Gasteiger partial charge in [0.15, 0.2) is 5.60 Å². The van der Waals surface area contributed by atoms with Crippen molar-refractivity contribution in [3.05, 3.63) is 81.4 Å². The highest BCUT2D eigenvalue weighted by atomic mass is 16.6. The Kier molecular flexibility index (Phi) is 4.74. The lowest BCUT2D eigenvalue weighted by molar-refractivity contribution is -0.172. The first-order valence-corrected chi connectivity index (χ1v) is 12.5. The number of carbonyl (C=O) groups is 2. The van der Waals surface area contributed by atoms with E-state index in [4.69, 9.17) is 9.72 Å². The second-order valence-electron chi connectivity index (χ2n) is 9.78. The van der Waals surface area contributed by atoms with Crippen molar-refractivity contribution in [1.82, 2.24) is 14.5 Å². The van der Waals surface area contributed by atoms with Crippen molar-refractivity contribution in [2.24, 2.45) is 0 Å². The van der Waals surface area contributed by atoms with E-state index in [-0.39, 0.29) is 42.3 Å². The molecule has 3 aromatic heterocycles. The Labute approximate surface area is 216 Å². The molecule has 0 bridgehead atoms. The summed E-state index contributed by atoms with van der Waals surface area (Å²) in [7, 11) is 0. The van der Waals surface area contributed by atoms with Gasteiger partial charge in [-0.2, -0.15) is 0 Å². The van der Waals surface area contributed by atoms with Crippen LogP contribution in [0.2, 0.25) is 0 Å². The third-order valence-electron chi connectivity index (χ3n) is 7.79. The molecule has 0 saturated heterocycles. The fourth-order valence-electron chi connectivity index (χ4n) is 5.79. The van der Waals surface area contributed by atoms with Crippen molar-refractivity contribution < 1.29 is 19.4 Å². The fourth-order valence-corrected chi connectivity index (χ4v) is 5.79. The lowest BCUT2D eigenvalue weighted by Gasteiger charge is -2.31. The number of aromatic nitrogens is 3. The van der Waals surface area contributed by atoms with Crippen LogP contribution in [0.15, 0.2) is 53.6 Å². The quantitative estimate of drug-likeness (QED) is 0.357. The zero-order chi connectivity index (χ0) is 26.2. The molecule has 3 aliphatic heterocycles.